The van der Waals surface area contributed by atoms with Gasteiger partial charge in [0.05, 0.1) is 5.69 Å². The molecular formula is C22H26FN3O2. The van der Waals surface area contributed by atoms with E-state index in [-0.39, 0.29) is 17.6 Å². The third-order valence-corrected chi connectivity index (χ3v) is 5.08. The Hall–Kier alpha value is -2.89. The number of anilines is 1. The van der Waals surface area contributed by atoms with Gasteiger partial charge < -0.3 is 14.7 Å². The van der Waals surface area contributed by atoms with E-state index in [2.05, 4.69) is 0 Å². The molecule has 0 N–H and O–H groups in total. The van der Waals surface area contributed by atoms with Gasteiger partial charge in [-0.25, -0.2) is 4.39 Å². The van der Waals surface area contributed by atoms with E-state index in [1.54, 1.807) is 21.9 Å². The number of para-hydroxylation sites is 1. The number of piperazine rings is 1. The van der Waals surface area contributed by atoms with Crippen molar-refractivity contribution in [3.63, 3.8) is 0 Å². The molecule has 1 aliphatic rings. The van der Waals surface area contributed by atoms with E-state index in [0.29, 0.717) is 51.4 Å². The topological polar surface area (TPSA) is 43.9 Å². The molecule has 0 spiro atoms. The van der Waals surface area contributed by atoms with Crippen LogP contribution in [-0.4, -0.2) is 54.3 Å². The highest BCUT2D eigenvalue weighted by molar-refractivity contribution is 5.78. The first-order valence-corrected chi connectivity index (χ1v) is 9.61. The Balaban J connectivity index is 1.49. The number of hydrogen-bond donors (Lipinski definition) is 0. The fraction of sp³-hybridized carbons (Fsp3) is 0.364. The summed E-state index contributed by atoms with van der Waals surface area (Å²) < 4.78 is 13.9. The molecular weight excluding hydrogens is 357 g/mol. The number of halogens is 1. The highest BCUT2D eigenvalue weighted by atomic mass is 19.1. The van der Waals surface area contributed by atoms with E-state index in [1.807, 2.05) is 41.3 Å². The number of carbonyl (C=O) groups excluding carboxylic acids is 2. The minimum absolute atomic E-state index is 0.0347. The number of amides is 2. The third kappa shape index (κ3) is 5.09. The van der Waals surface area contributed by atoms with Crippen LogP contribution in [0.25, 0.3) is 0 Å². The Morgan fingerprint density at radius 3 is 2.25 bits per heavy atom. The first kappa shape index (κ1) is 19.9. The first-order valence-electron chi connectivity index (χ1n) is 9.61. The van der Waals surface area contributed by atoms with E-state index >= 15 is 0 Å². The monoisotopic (exact) mass is 383 g/mol. The molecule has 5 nitrogen and oxygen atoms in total. The summed E-state index contributed by atoms with van der Waals surface area (Å²) in [5, 5.41) is 0. The molecule has 0 aliphatic carbocycles. The average molecular weight is 383 g/mol. The van der Waals surface area contributed by atoms with Gasteiger partial charge in [-0.2, -0.15) is 0 Å². The average Bonchev–Trinajstić information content (AvgIpc) is 2.72. The van der Waals surface area contributed by atoms with Crippen LogP contribution in [0.5, 0.6) is 0 Å². The van der Waals surface area contributed by atoms with E-state index in [0.717, 1.165) is 5.56 Å². The number of carbonyl (C=O) groups is 2. The third-order valence-electron chi connectivity index (χ3n) is 5.08. The van der Waals surface area contributed by atoms with Gasteiger partial charge in [0.1, 0.15) is 5.82 Å². The molecule has 1 saturated heterocycles. The maximum atomic E-state index is 13.9. The highest BCUT2D eigenvalue weighted by Crippen LogP contribution is 2.20. The van der Waals surface area contributed by atoms with Gasteiger partial charge in [-0.05, 0) is 17.7 Å². The molecule has 2 aromatic rings. The van der Waals surface area contributed by atoms with Gasteiger partial charge in [0.25, 0.3) is 0 Å². The van der Waals surface area contributed by atoms with Crippen molar-refractivity contribution < 1.29 is 14.0 Å². The van der Waals surface area contributed by atoms with Crippen molar-refractivity contribution in [1.82, 2.24) is 9.80 Å². The van der Waals surface area contributed by atoms with Crippen molar-refractivity contribution in [3.05, 3.63) is 66.0 Å². The van der Waals surface area contributed by atoms with Gasteiger partial charge in [0.2, 0.25) is 11.8 Å². The van der Waals surface area contributed by atoms with Gasteiger partial charge in [-0.1, -0.05) is 42.5 Å². The van der Waals surface area contributed by atoms with Crippen molar-refractivity contribution >= 4 is 17.5 Å². The summed E-state index contributed by atoms with van der Waals surface area (Å²) in [4.78, 5) is 30.0. The maximum Gasteiger partial charge on any atom is 0.224 e. The van der Waals surface area contributed by atoms with Crippen molar-refractivity contribution in [2.24, 2.45) is 0 Å². The summed E-state index contributed by atoms with van der Waals surface area (Å²) in [5.74, 6) is -0.242. The molecule has 6 heteroatoms. The van der Waals surface area contributed by atoms with Crippen LogP contribution in [0.2, 0.25) is 0 Å². The van der Waals surface area contributed by atoms with Gasteiger partial charge >= 0.3 is 0 Å². The quantitative estimate of drug-likeness (QED) is 0.770. The predicted molar refractivity (Wildman–Crippen MR) is 107 cm³/mol. The molecule has 28 heavy (non-hydrogen) atoms. The molecule has 3 rings (SSSR count). The molecule has 2 amide bonds. The fourth-order valence-electron chi connectivity index (χ4n) is 3.45. The largest absolute Gasteiger partial charge is 0.366 e. The molecule has 0 unspecified atom stereocenters. The van der Waals surface area contributed by atoms with Crippen LogP contribution in [0.1, 0.15) is 18.9 Å². The minimum Gasteiger partial charge on any atom is -0.366 e. The zero-order valence-electron chi connectivity index (χ0n) is 16.2. The second-order valence-corrected chi connectivity index (χ2v) is 7.00. The molecule has 2 aromatic carbocycles. The SMILES string of the molecule is CC(=O)N(CCC(=O)N1CCN(c2ccccc2F)CC1)Cc1ccccc1. The maximum absolute atomic E-state index is 13.9. The molecule has 1 aliphatic heterocycles. The summed E-state index contributed by atoms with van der Waals surface area (Å²) >= 11 is 0. The molecule has 0 radical (unpaired) electrons. The molecule has 1 fully saturated rings. The standard InChI is InChI=1S/C22H26FN3O2/c1-18(27)26(17-19-7-3-2-4-8-19)12-11-22(28)25-15-13-24(14-16-25)21-10-6-5-9-20(21)23/h2-10H,11-17H2,1H3. The highest BCUT2D eigenvalue weighted by Gasteiger charge is 2.23. The smallest absolute Gasteiger partial charge is 0.224 e. The van der Waals surface area contributed by atoms with Gasteiger partial charge in [0.15, 0.2) is 0 Å². The summed E-state index contributed by atoms with van der Waals surface area (Å²) in [6, 6.07) is 16.5. The molecule has 0 atom stereocenters. The minimum atomic E-state index is -0.236. The van der Waals surface area contributed by atoms with Gasteiger partial charge in [0, 0.05) is 52.6 Å². The summed E-state index contributed by atoms with van der Waals surface area (Å²) in [6.45, 7) is 4.76. The lowest BCUT2D eigenvalue weighted by atomic mass is 10.2. The summed E-state index contributed by atoms with van der Waals surface area (Å²) in [6.07, 6.45) is 0.298. The molecule has 0 saturated carbocycles. The number of benzene rings is 2. The lowest BCUT2D eigenvalue weighted by Crippen LogP contribution is -2.49. The zero-order chi connectivity index (χ0) is 19.9. The van der Waals surface area contributed by atoms with Crippen LogP contribution in [0.15, 0.2) is 54.6 Å². The van der Waals surface area contributed by atoms with Crippen molar-refractivity contribution in [3.8, 4) is 0 Å². The van der Waals surface area contributed by atoms with E-state index in [9.17, 15) is 14.0 Å². The van der Waals surface area contributed by atoms with Gasteiger partial charge in [-0.3, -0.25) is 9.59 Å². The van der Waals surface area contributed by atoms with Crippen LogP contribution in [-0.2, 0) is 16.1 Å². The first-order chi connectivity index (χ1) is 13.5. The van der Waals surface area contributed by atoms with Crippen LogP contribution < -0.4 is 4.90 Å². The Labute approximate surface area is 165 Å². The Kier molecular flexibility index (Phi) is 6.63. The second kappa shape index (κ2) is 9.35. The summed E-state index contributed by atoms with van der Waals surface area (Å²) in [7, 11) is 0. The second-order valence-electron chi connectivity index (χ2n) is 7.00. The van der Waals surface area contributed by atoms with E-state index < -0.39 is 0 Å². The molecule has 1 heterocycles. The fourth-order valence-corrected chi connectivity index (χ4v) is 3.45. The summed E-state index contributed by atoms with van der Waals surface area (Å²) in [5.41, 5.74) is 1.63. The van der Waals surface area contributed by atoms with Crippen molar-refractivity contribution in [2.45, 2.75) is 19.9 Å². The molecule has 148 valence electrons. The Morgan fingerprint density at radius 1 is 0.964 bits per heavy atom. The Morgan fingerprint density at radius 2 is 1.61 bits per heavy atom. The number of hydrogen-bond acceptors (Lipinski definition) is 3. The lowest BCUT2D eigenvalue weighted by Gasteiger charge is -2.36. The predicted octanol–water partition coefficient (Wildman–Crippen LogP) is 2.91. The van der Waals surface area contributed by atoms with E-state index in [4.69, 9.17) is 0 Å². The number of nitrogens with zero attached hydrogens (tertiary/aromatic N) is 3. The molecule has 0 aromatic heterocycles. The zero-order valence-corrected chi connectivity index (χ0v) is 16.2. The van der Waals surface area contributed by atoms with Crippen molar-refractivity contribution in [2.75, 3.05) is 37.6 Å². The lowest BCUT2D eigenvalue weighted by molar-refractivity contribution is -0.134. The normalized spacial score (nSPS) is 14.1. The van der Waals surface area contributed by atoms with Crippen LogP contribution >= 0.6 is 0 Å². The number of rotatable bonds is 6. The van der Waals surface area contributed by atoms with Crippen LogP contribution in [0.3, 0.4) is 0 Å². The van der Waals surface area contributed by atoms with Crippen molar-refractivity contribution in [1.29, 1.82) is 0 Å². The van der Waals surface area contributed by atoms with Crippen LogP contribution in [0, 0.1) is 5.82 Å². The Bertz CT molecular complexity index is 804. The van der Waals surface area contributed by atoms with Crippen LogP contribution in [0.4, 0.5) is 10.1 Å². The van der Waals surface area contributed by atoms with Gasteiger partial charge in [-0.15, -0.1) is 0 Å². The molecule has 0 bridgehead atoms. The van der Waals surface area contributed by atoms with E-state index in [1.165, 1.54) is 13.0 Å².